The zero-order valence-electron chi connectivity index (χ0n) is 88.4. The van der Waals surface area contributed by atoms with E-state index in [1.54, 1.807) is 11.8 Å². The fourth-order valence-electron chi connectivity index (χ4n) is 20.6. The van der Waals surface area contributed by atoms with Crippen LogP contribution in [0.25, 0.3) is 65.0 Å². The second kappa shape index (κ2) is 42.3. The lowest BCUT2D eigenvalue weighted by Gasteiger charge is -2.41. The van der Waals surface area contributed by atoms with Crippen LogP contribution in [0.2, 0.25) is 5.02 Å². The Morgan fingerprint density at radius 3 is 1.09 bits per heavy atom. The van der Waals surface area contributed by atoms with Crippen LogP contribution >= 0.6 is 23.4 Å². The van der Waals surface area contributed by atoms with Gasteiger partial charge in [0.15, 0.2) is 19.6 Å². The number of hydrogen-bond acceptors (Lipinski definition) is 4. The van der Waals surface area contributed by atoms with E-state index >= 15 is 0 Å². The van der Waals surface area contributed by atoms with Gasteiger partial charge in [0.05, 0.1) is 26.6 Å². The van der Waals surface area contributed by atoms with Crippen LogP contribution < -0.4 is 35.1 Å². The highest BCUT2D eigenvalue weighted by atomic mass is 35.5. The highest BCUT2D eigenvalue weighted by molar-refractivity contribution is 7.99. The molecule has 6 heteroatoms. The maximum atomic E-state index is 5.96. The average molecular weight is 1950 g/mol. The lowest BCUT2D eigenvalue weighted by molar-refractivity contribution is 0.451. The van der Waals surface area contributed by atoms with Gasteiger partial charge in [0.25, 0.3) is 0 Å². The van der Waals surface area contributed by atoms with Crippen molar-refractivity contribution in [3.8, 4) is 34.1 Å². The third-order valence-electron chi connectivity index (χ3n) is 28.2. The Labute approximate surface area is 873 Å². The molecule has 23 rings (SSSR count). The molecule has 2 heterocycles. The van der Waals surface area contributed by atoms with Crippen LogP contribution in [0.5, 0.6) is 23.0 Å². The van der Waals surface area contributed by atoms with Crippen molar-refractivity contribution >= 4 is 117 Å². The molecule has 1 aliphatic carbocycles. The number of fused-ring (bicyclic) bond motifs is 15. The summed E-state index contributed by atoms with van der Waals surface area (Å²) in [6.45, 7) is 47.3. The van der Waals surface area contributed by atoms with Crippen molar-refractivity contribution in [1.29, 1.82) is 0 Å². The summed E-state index contributed by atoms with van der Waals surface area (Å²) >= 11 is 7.64. The van der Waals surface area contributed by atoms with Crippen molar-refractivity contribution in [3.05, 3.63) is 516 Å². The van der Waals surface area contributed by atoms with Gasteiger partial charge in [-0.05, 0) is 273 Å². The van der Waals surface area contributed by atoms with E-state index in [4.69, 9.17) is 21.1 Å². The molecule has 0 saturated heterocycles. The molecule has 3 nitrogen and oxygen atoms in total. The number of halogens is 1. The summed E-state index contributed by atoms with van der Waals surface area (Å²) in [7, 11) is -2.38. The first-order valence-electron chi connectivity index (χ1n) is 51.2. The molecular formula is C139H138ClNO2SSi. The van der Waals surface area contributed by atoms with Crippen molar-refractivity contribution in [2.24, 2.45) is 0 Å². The first-order valence-corrected chi connectivity index (χ1v) is 54.4. The molecule has 0 unspecified atom stereocenters. The third-order valence-corrected chi connectivity index (χ3v) is 34.3. The molecule has 0 radical (unpaired) electrons. The Bertz CT molecular complexity index is 7710. The van der Waals surface area contributed by atoms with Gasteiger partial charge in [0, 0.05) is 10.6 Å². The Morgan fingerprint density at radius 2 is 0.600 bits per heavy atom. The van der Waals surface area contributed by atoms with Gasteiger partial charge >= 0.3 is 0 Å². The third kappa shape index (κ3) is 22.1. The van der Waals surface area contributed by atoms with Gasteiger partial charge < -0.3 is 14.4 Å². The number of nitrogens with zero attached hydrogens (tertiary/aromatic N) is 1. The summed E-state index contributed by atoms with van der Waals surface area (Å²) < 4.78 is 11.9. The first-order chi connectivity index (χ1) is 69.3. The summed E-state index contributed by atoms with van der Waals surface area (Å²) in [5.41, 5.74) is 19.3. The molecule has 3 aliphatic rings. The maximum absolute atomic E-state index is 5.96. The molecule has 0 spiro atoms. The normalized spacial score (nSPS) is 12.9. The summed E-state index contributed by atoms with van der Waals surface area (Å²) in [5, 5.41) is 19.9. The summed E-state index contributed by atoms with van der Waals surface area (Å²) in [6.07, 6.45) is 0. The van der Waals surface area contributed by atoms with Gasteiger partial charge in [-0.25, -0.2) is 0 Å². The monoisotopic (exact) mass is 1950 g/mol. The number of para-hydroxylation sites is 5. The van der Waals surface area contributed by atoms with Crippen LogP contribution in [0.4, 0.5) is 11.4 Å². The van der Waals surface area contributed by atoms with Crippen LogP contribution in [-0.4, -0.2) is 13.6 Å². The van der Waals surface area contributed by atoms with Crippen molar-refractivity contribution in [2.75, 3.05) is 4.90 Å². The molecule has 20 aromatic rings. The Balaban J connectivity index is 0.000000118. The zero-order chi connectivity index (χ0) is 102. The standard InChI is InChI=1S/C29H26.C28H28Si.C22H20.C18H18.C16H17NO.C16H16OS.C10H13Cl/c1-28(2,3)25-19-12-20-26-27(25)23-17-10-11-18-24(23)29(26,21-13-6-4-7-14-21)22-15-8-5-9-16-22;1-28(2,3)23-19-21-27(22-20-23)29(24-13-7-4-8-14-24,25-15-9-5-10-16-25)26-17-11-6-12-18-26;1-22(2,3)15-12-13-20-18-10-5-4-8-16(18)17-9-6-7-11-19(17)21(20)14-15;1-18(2,3)17-9-8-15-10-13-6-4-5-7-14(13)11-16(15)12-17;1-16(2,3)17-12-8-4-6-10-14(12)18-15-11-7-5-9-13(15)17;1-16(2,3)11-8-9-13-15(10-11)18-14-7-5-4-6-12(14)17-13;1-10(2,3)8-5-4-6-9(11)7-8/h4-20H,1-3H3;4-22H,1-3H3;4-14H,1-3H3;4-12H,1-3H3;4-11H,1-3H3;4-10H,1-3H3;4-7H,1-3H3. The molecule has 2 aliphatic heterocycles. The lowest BCUT2D eigenvalue weighted by atomic mass is 9.67. The van der Waals surface area contributed by atoms with Crippen molar-refractivity contribution in [3.63, 3.8) is 0 Å². The van der Waals surface area contributed by atoms with Gasteiger partial charge in [-0.15, -0.1) is 0 Å². The molecule has 0 atom stereocenters. The lowest BCUT2D eigenvalue weighted by Crippen LogP contribution is -2.74. The summed E-state index contributed by atoms with van der Waals surface area (Å²) in [4.78, 5) is 4.73. The summed E-state index contributed by atoms with van der Waals surface area (Å²) in [5.74, 6) is 3.77. The minimum Gasteiger partial charge on any atom is -0.455 e. The molecule has 0 N–H and O–H groups in total. The molecule has 20 aromatic carbocycles. The molecule has 728 valence electrons. The smallest absolute Gasteiger partial charge is 0.179 e. The van der Waals surface area contributed by atoms with Crippen molar-refractivity contribution < 1.29 is 9.47 Å². The van der Waals surface area contributed by atoms with Crippen molar-refractivity contribution in [2.45, 2.75) is 199 Å². The first kappa shape index (κ1) is 102. The van der Waals surface area contributed by atoms with Crippen LogP contribution in [-0.2, 0) is 37.9 Å². The minimum absolute atomic E-state index is 0.00991. The maximum Gasteiger partial charge on any atom is 0.179 e. The number of rotatable bonds is 6. The second-order valence-electron chi connectivity index (χ2n) is 45.7. The SMILES string of the molecule is CC(C)(C)N1c2ccccc2Oc2ccccc21.CC(C)(C)c1ccc([Si](c2ccccc2)(c2ccccc2)c2ccccc2)cc1.CC(C)(C)c1ccc2c(c1)Sc1ccccc1O2.CC(C)(C)c1ccc2c3ccccc3c3ccccc3c2c1.CC(C)(C)c1ccc2cc3ccccc3cc2c1.CC(C)(C)c1cccc(Cl)c1.CC(C)(C)c1cccc2c1-c1ccccc1C2(c1ccccc1)c1ccccc1. The van der Waals surface area contributed by atoms with Gasteiger partial charge in [0.2, 0.25) is 0 Å². The van der Waals surface area contributed by atoms with E-state index in [1.807, 2.05) is 60.7 Å². The zero-order valence-corrected chi connectivity index (χ0v) is 90.9. The van der Waals surface area contributed by atoms with Crippen LogP contribution in [0, 0.1) is 0 Å². The van der Waals surface area contributed by atoms with E-state index in [-0.39, 0.29) is 43.4 Å². The molecular weight excluding hydrogens is 1810 g/mol. The molecule has 0 saturated carbocycles. The van der Waals surface area contributed by atoms with Crippen LogP contribution in [0.15, 0.2) is 465 Å². The van der Waals surface area contributed by atoms with E-state index < -0.39 is 8.07 Å². The van der Waals surface area contributed by atoms with E-state index in [0.717, 1.165) is 39.4 Å². The molecule has 0 bridgehead atoms. The summed E-state index contributed by atoms with van der Waals surface area (Å²) in [6, 6.07) is 164. The fraction of sp³-hybridized carbons (Fsp3) is 0.209. The van der Waals surface area contributed by atoms with E-state index in [2.05, 4.69) is 545 Å². The predicted molar refractivity (Wildman–Crippen MR) is 630 cm³/mol. The number of anilines is 2. The topological polar surface area (TPSA) is 21.7 Å². The second-order valence-corrected chi connectivity index (χ2v) is 51.0. The van der Waals surface area contributed by atoms with Gasteiger partial charge in [-0.3, -0.25) is 0 Å². The largest absolute Gasteiger partial charge is 0.455 e. The molecule has 145 heavy (non-hydrogen) atoms. The Hall–Kier alpha value is -14.0. The molecule has 0 aromatic heterocycles. The van der Waals surface area contributed by atoms with Gasteiger partial charge in [-0.2, -0.15) is 0 Å². The number of benzene rings is 20. The van der Waals surface area contributed by atoms with Gasteiger partial charge in [0.1, 0.15) is 11.5 Å². The van der Waals surface area contributed by atoms with E-state index in [0.29, 0.717) is 0 Å². The van der Waals surface area contributed by atoms with Crippen molar-refractivity contribution in [1.82, 2.24) is 0 Å². The highest BCUT2D eigenvalue weighted by Gasteiger charge is 2.48. The number of ether oxygens (including phenoxy) is 2. The highest BCUT2D eigenvalue weighted by Crippen LogP contribution is 2.59. The average Bonchev–Trinajstić information content (AvgIpc) is 1.52. The quantitative estimate of drug-likeness (QED) is 0.0716. The fourth-order valence-corrected chi connectivity index (χ4v) is 26.5. The molecule has 0 fully saturated rings. The molecule has 0 amide bonds. The number of hydrogen-bond donors (Lipinski definition) is 0. The van der Waals surface area contributed by atoms with E-state index in [1.165, 1.54) is 151 Å². The van der Waals surface area contributed by atoms with Gasteiger partial charge in [-0.1, -0.05) is 524 Å². The van der Waals surface area contributed by atoms with Crippen LogP contribution in [0.1, 0.15) is 201 Å². The Morgan fingerprint density at radius 1 is 0.241 bits per heavy atom. The van der Waals surface area contributed by atoms with Crippen LogP contribution in [0.3, 0.4) is 0 Å². The predicted octanol–water partition coefficient (Wildman–Crippen LogP) is 37.1. The Kier molecular flexibility index (Phi) is 29.9. The minimum atomic E-state index is -2.38. The van der Waals surface area contributed by atoms with E-state index in [9.17, 15) is 0 Å².